The maximum absolute atomic E-state index is 14.1. The van der Waals surface area contributed by atoms with Crippen molar-refractivity contribution in [2.75, 3.05) is 43.4 Å². The van der Waals surface area contributed by atoms with E-state index in [9.17, 15) is 32.7 Å². The van der Waals surface area contributed by atoms with Crippen molar-refractivity contribution in [1.82, 2.24) is 40.7 Å². The minimum atomic E-state index is -3.60. The summed E-state index contributed by atoms with van der Waals surface area (Å²) in [6, 6.07) is 16.9. The number of carbonyl (C=O) groups excluding carboxylic acids is 4. The van der Waals surface area contributed by atoms with Crippen molar-refractivity contribution < 1.29 is 37.4 Å². The summed E-state index contributed by atoms with van der Waals surface area (Å²) in [6.45, 7) is 19.5. The van der Waals surface area contributed by atoms with E-state index in [0.29, 0.717) is 36.6 Å². The largest absolute Gasteiger partial charge is 0.489 e. The minimum absolute atomic E-state index is 0.00394. The van der Waals surface area contributed by atoms with Gasteiger partial charge < -0.3 is 41.3 Å². The highest BCUT2D eigenvalue weighted by atomic mass is 35.5. The van der Waals surface area contributed by atoms with E-state index >= 15 is 0 Å². The van der Waals surface area contributed by atoms with Gasteiger partial charge in [-0.1, -0.05) is 81.6 Å². The van der Waals surface area contributed by atoms with Crippen molar-refractivity contribution in [3.8, 4) is 16.2 Å². The van der Waals surface area contributed by atoms with Gasteiger partial charge in [0.25, 0.3) is 0 Å². The van der Waals surface area contributed by atoms with Crippen LogP contribution < -0.4 is 31.3 Å². The molecule has 4 amide bonds. The number of unbranched alkanes of at least 4 members (excludes halogenated alkanes) is 3. The average molecular weight is 1160 g/mol. The first-order valence-corrected chi connectivity index (χ1v) is 30.5. The number of piperidine rings is 1. The number of thiazole rings is 1. The van der Waals surface area contributed by atoms with E-state index in [2.05, 4.69) is 59.4 Å². The number of nitrogens with one attached hydrogen (secondary N) is 5. The number of hydrogen-bond donors (Lipinski definition) is 6. The molecule has 2 aliphatic rings. The number of aromatic nitrogens is 3. The maximum Gasteiger partial charge on any atom is 0.246 e. The molecule has 0 bridgehead atoms. The van der Waals surface area contributed by atoms with Crippen molar-refractivity contribution in [2.45, 2.75) is 161 Å². The van der Waals surface area contributed by atoms with Crippen LogP contribution >= 0.6 is 22.9 Å². The Kier molecular flexibility index (Phi) is 21.1. The number of anilines is 4. The van der Waals surface area contributed by atoms with E-state index in [1.165, 1.54) is 16.7 Å². The molecule has 1 unspecified atom stereocenters. The Hall–Kier alpha value is -6.19. The van der Waals surface area contributed by atoms with Gasteiger partial charge in [-0.15, -0.1) is 11.3 Å². The number of aryl methyl sites for hydroxylation is 2. The molecule has 0 aliphatic carbocycles. The number of aliphatic hydroxyl groups is 1. The van der Waals surface area contributed by atoms with E-state index in [4.69, 9.17) is 16.3 Å². The van der Waals surface area contributed by atoms with E-state index in [-0.39, 0.29) is 77.4 Å². The van der Waals surface area contributed by atoms with E-state index in [0.717, 1.165) is 72.5 Å². The molecule has 2 aliphatic heterocycles. The first-order valence-electron chi connectivity index (χ1n) is 27.7. The van der Waals surface area contributed by atoms with Crippen LogP contribution in [-0.2, 0) is 35.6 Å². The van der Waals surface area contributed by atoms with Crippen LogP contribution in [0.4, 0.5) is 23.1 Å². The van der Waals surface area contributed by atoms with Crippen molar-refractivity contribution in [1.29, 1.82) is 0 Å². The van der Waals surface area contributed by atoms with Gasteiger partial charge in [0.05, 0.1) is 62.6 Å². The lowest BCUT2D eigenvalue weighted by Crippen LogP contribution is -2.57. The third kappa shape index (κ3) is 16.3. The number of hydrogen-bond acceptors (Lipinski definition) is 15. The second kappa shape index (κ2) is 27.5. The molecule has 0 spiro atoms. The normalized spacial score (nSPS) is 16.6. The topological polar surface area (TPSA) is 237 Å². The number of aliphatic hydroxyl groups excluding tert-OH is 1. The summed E-state index contributed by atoms with van der Waals surface area (Å²) in [5.74, 6) is 0.361. The lowest BCUT2D eigenvalue weighted by Gasteiger charge is -2.35. The number of para-hydroxylation sites is 1. The third-order valence-corrected chi connectivity index (χ3v) is 18.0. The lowest BCUT2D eigenvalue weighted by molar-refractivity contribution is -0.144. The zero-order chi connectivity index (χ0) is 57.9. The van der Waals surface area contributed by atoms with Crippen molar-refractivity contribution in [3.63, 3.8) is 0 Å². The number of rotatable bonds is 24. The molecule has 2 aromatic heterocycles. The SMILES string of the molecule is Cc1cc(Nc2ncc(Cl)c(Nc3ccccc3S(=O)(=O)C(C)C)n2)c(OC(C)C)cc1C1CCN(CC(=O)NCCCCCCC(=O)NC(C(=O)N2C[C@H](O)C[C@H]2C(=O)NCc2ccc(-c3scnc3C)cc2)C(C)(C)C)CC1. The Balaban J connectivity index is 0.820. The number of benzene rings is 3. The fraction of sp³-hybridized carbons (Fsp3) is 0.508. The van der Waals surface area contributed by atoms with Gasteiger partial charge in [-0.2, -0.15) is 4.98 Å². The number of sulfone groups is 1. The Morgan fingerprint density at radius 2 is 1.60 bits per heavy atom. The van der Waals surface area contributed by atoms with E-state index in [1.54, 1.807) is 49.4 Å². The van der Waals surface area contributed by atoms with Crippen LogP contribution in [0.3, 0.4) is 0 Å². The predicted molar refractivity (Wildman–Crippen MR) is 315 cm³/mol. The minimum Gasteiger partial charge on any atom is -0.489 e. The Morgan fingerprint density at radius 1 is 0.887 bits per heavy atom. The summed E-state index contributed by atoms with van der Waals surface area (Å²) in [4.78, 5) is 72.1. The smallest absolute Gasteiger partial charge is 0.246 e. The van der Waals surface area contributed by atoms with Crippen LogP contribution in [0.2, 0.25) is 5.02 Å². The molecule has 3 atom stereocenters. The number of ether oxygens (including phenoxy) is 1. The first kappa shape index (κ1) is 61.4. The molecule has 21 heteroatoms. The molecular formula is C59H79ClN10O8S2. The summed E-state index contributed by atoms with van der Waals surface area (Å²) in [6.07, 6.45) is 5.53. The zero-order valence-electron chi connectivity index (χ0n) is 47.5. The van der Waals surface area contributed by atoms with Gasteiger partial charge in [-0.05, 0) is 138 Å². The Labute approximate surface area is 480 Å². The third-order valence-electron chi connectivity index (χ3n) is 14.5. The van der Waals surface area contributed by atoms with Gasteiger partial charge in [0.15, 0.2) is 15.7 Å². The van der Waals surface area contributed by atoms with Crippen LogP contribution in [0.15, 0.2) is 77.3 Å². The van der Waals surface area contributed by atoms with Gasteiger partial charge in [-0.3, -0.25) is 24.1 Å². The van der Waals surface area contributed by atoms with Crippen LogP contribution in [0.5, 0.6) is 5.75 Å². The molecule has 3 aromatic carbocycles. The Morgan fingerprint density at radius 3 is 2.27 bits per heavy atom. The van der Waals surface area contributed by atoms with Gasteiger partial charge in [-0.25, -0.2) is 18.4 Å². The summed E-state index contributed by atoms with van der Waals surface area (Å²) >= 11 is 8.10. The van der Waals surface area contributed by atoms with E-state index < -0.39 is 44.6 Å². The van der Waals surface area contributed by atoms with Crippen LogP contribution in [0, 0.1) is 19.3 Å². The molecule has 432 valence electrons. The van der Waals surface area contributed by atoms with Gasteiger partial charge in [0.2, 0.25) is 29.6 Å². The predicted octanol–water partition coefficient (Wildman–Crippen LogP) is 9.38. The number of β-amino-alcohol motifs (C(OH)–C–C–N with tert-alkyl or cyclic N) is 1. The van der Waals surface area contributed by atoms with Crippen LogP contribution in [0.25, 0.3) is 10.4 Å². The number of carbonyl (C=O) groups is 4. The van der Waals surface area contributed by atoms with Gasteiger partial charge >= 0.3 is 0 Å². The van der Waals surface area contributed by atoms with Crippen molar-refractivity contribution >= 4 is 79.5 Å². The molecule has 4 heterocycles. The zero-order valence-corrected chi connectivity index (χ0v) is 49.9. The number of likely N-dealkylation sites (tertiary alicyclic amines) is 2. The fourth-order valence-corrected chi connectivity index (χ4v) is 12.2. The molecule has 80 heavy (non-hydrogen) atoms. The summed E-state index contributed by atoms with van der Waals surface area (Å²) < 4.78 is 32.6. The van der Waals surface area contributed by atoms with Gasteiger partial charge in [0, 0.05) is 32.5 Å². The highest BCUT2D eigenvalue weighted by Crippen LogP contribution is 2.39. The monoisotopic (exact) mass is 1150 g/mol. The molecule has 0 radical (unpaired) electrons. The van der Waals surface area contributed by atoms with Crippen LogP contribution in [0.1, 0.15) is 128 Å². The average Bonchev–Trinajstić information content (AvgIpc) is 4.05. The highest BCUT2D eigenvalue weighted by Gasteiger charge is 2.44. The van der Waals surface area contributed by atoms with Crippen LogP contribution in [-0.4, -0.2) is 124 Å². The molecule has 18 nitrogen and oxygen atoms in total. The quantitative estimate of drug-likeness (QED) is 0.0316. The summed E-state index contributed by atoms with van der Waals surface area (Å²) in [7, 11) is -3.60. The number of halogens is 1. The van der Waals surface area contributed by atoms with E-state index in [1.807, 2.05) is 77.4 Å². The molecule has 7 rings (SSSR count). The standard InChI is InChI=1S/C59H79ClN10O8S2/c1-36(2)78-49-30-44(38(5)28-47(49)66-58-63-32-45(60)55(68-58)65-46-16-13-14-17-50(46)80(76,77)37(3)4)41-23-26-69(27-24-41)34-52(73)61-25-15-11-10-12-18-51(72)67-54(59(7,8)9)57(75)70-33-43(71)29-48(70)56(74)62-31-40-19-21-42(22-20-40)53-39(6)64-35-79-53/h13-14,16-17,19-22,28,30,32,35-37,41,43,48,54,71H,10-12,15,18,23-27,29,31,33-34H2,1-9H3,(H,61,73)(H,62,74)(H,67,72)(H2,63,65,66,68)/t43-,48+,54?/m1/s1. The first-order chi connectivity index (χ1) is 38.0. The maximum atomic E-state index is 14.1. The molecule has 0 saturated carbocycles. The molecule has 5 aromatic rings. The molecular weight excluding hydrogens is 1080 g/mol. The lowest BCUT2D eigenvalue weighted by atomic mass is 9.85. The second-order valence-corrected chi connectivity index (χ2v) is 26.3. The van der Waals surface area contributed by atoms with Gasteiger partial charge in [0.1, 0.15) is 22.9 Å². The van der Waals surface area contributed by atoms with Crippen molar-refractivity contribution in [2.24, 2.45) is 5.41 Å². The second-order valence-electron chi connectivity index (χ2n) is 22.6. The number of amides is 4. The molecule has 2 fully saturated rings. The van der Waals surface area contributed by atoms with Crippen molar-refractivity contribution in [3.05, 3.63) is 99.8 Å². The summed E-state index contributed by atoms with van der Waals surface area (Å²) in [5, 5.41) is 25.6. The summed E-state index contributed by atoms with van der Waals surface area (Å²) in [5.41, 5.74) is 7.34. The highest BCUT2D eigenvalue weighted by molar-refractivity contribution is 7.92. The molecule has 2 saturated heterocycles. The Bertz CT molecular complexity index is 3070. The number of nitrogens with zero attached hydrogens (tertiary/aromatic N) is 5. The fourth-order valence-electron chi connectivity index (χ4n) is 10.1. The molecule has 6 N–H and O–H groups in total.